The maximum Gasteiger partial charge on any atom is 0.126 e. The van der Waals surface area contributed by atoms with Crippen molar-refractivity contribution in [3.8, 4) is 5.75 Å². The molecule has 0 heterocycles. The first-order valence-corrected chi connectivity index (χ1v) is 7.73. The monoisotopic (exact) mass is 327 g/mol. The van der Waals surface area contributed by atoms with E-state index < -0.39 is 0 Å². The van der Waals surface area contributed by atoms with Gasteiger partial charge in [-0.2, -0.15) is 0 Å². The maximum atomic E-state index is 6.09. The number of likely N-dealkylation sites (N-methyl/N-ethyl adjacent to an activating group) is 1. The predicted molar refractivity (Wildman–Crippen MR) is 86.4 cm³/mol. The van der Waals surface area contributed by atoms with Crippen LogP contribution < -0.4 is 4.74 Å². The topological polar surface area (TPSA) is 12.5 Å². The number of hydrogen-bond acceptors (Lipinski definition) is 2. The zero-order valence-corrected chi connectivity index (χ0v) is 14.5. The van der Waals surface area contributed by atoms with Gasteiger partial charge in [-0.05, 0) is 49.2 Å². The molecule has 1 aromatic carbocycles. The summed E-state index contributed by atoms with van der Waals surface area (Å²) < 4.78 is 7.23. The molecule has 0 aliphatic carbocycles. The van der Waals surface area contributed by atoms with Crippen LogP contribution in [0.25, 0.3) is 0 Å². The quantitative estimate of drug-likeness (QED) is 0.754. The minimum atomic E-state index is 0.462. The standard InChI is InChI=1S/C16H26BrNO/c1-11(2)14-9-13(17)10-15(12(3)4)16(14)19-8-7-18(5)6/h9-12H,7-8H2,1-6H3. The van der Waals surface area contributed by atoms with Crippen LogP contribution in [0.2, 0.25) is 0 Å². The van der Waals surface area contributed by atoms with E-state index in [0.717, 1.165) is 23.4 Å². The third-order valence-corrected chi connectivity index (χ3v) is 3.60. The Kier molecular flexibility index (Phi) is 6.34. The average Bonchev–Trinajstić information content (AvgIpc) is 2.29. The van der Waals surface area contributed by atoms with E-state index in [9.17, 15) is 0 Å². The molecular weight excluding hydrogens is 302 g/mol. The van der Waals surface area contributed by atoms with Crippen molar-refractivity contribution in [2.24, 2.45) is 0 Å². The third kappa shape index (κ3) is 4.81. The van der Waals surface area contributed by atoms with Crippen LogP contribution in [-0.4, -0.2) is 32.1 Å². The maximum absolute atomic E-state index is 6.09. The highest BCUT2D eigenvalue weighted by atomic mass is 79.9. The summed E-state index contributed by atoms with van der Waals surface area (Å²) in [7, 11) is 4.13. The lowest BCUT2D eigenvalue weighted by Gasteiger charge is -2.21. The van der Waals surface area contributed by atoms with E-state index in [2.05, 4.69) is 74.8 Å². The van der Waals surface area contributed by atoms with Gasteiger partial charge in [0.2, 0.25) is 0 Å². The number of hydrogen-bond donors (Lipinski definition) is 0. The van der Waals surface area contributed by atoms with Crippen LogP contribution in [0.4, 0.5) is 0 Å². The molecule has 0 saturated carbocycles. The molecule has 0 amide bonds. The van der Waals surface area contributed by atoms with Gasteiger partial charge in [-0.25, -0.2) is 0 Å². The Morgan fingerprint density at radius 2 is 1.53 bits per heavy atom. The molecule has 108 valence electrons. The lowest BCUT2D eigenvalue weighted by atomic mass is 9.94. The van der Waals surface area contributed by atoms with Crippen LogP contribution in [0, 0.1) is 0 Å². The summed E-state index contributed by atoms with van der Waals surface area (Å²) in [6.45, 7) is 10.5. The molecule has 0 aliphatic heterocycles. The number of rotatable bonds is 6. The van der Waals surface area contributed by atoms with Gasteiger partial charge in [0.25, 0.3) is 0 Å². The van der Waals surface area contributed by atoms with Crippen LogP contribution in [-0.2, 0) is 0 Å². The van der Waals surface area contributed by atoms with Crippen molar-refractivity contribution in [2.45, 2.75) is 39.5 Å². The summed E-state index contributed by atoms with van der Waals surface area (Å²) in [4.78, 5) is 2.14. The lowest BCUT2D eigenvalue weighted by molar-refractivity contribution is 0.256. The van der Waals surface area contributed by atoms with Crippen LogP contribution >= 0.6 is 15.9 Å². The molecule has 0 aliphatic rings. The lowest BCUT2D eigenvalue weighted by Crippen LogP contribution is -2.20. The normalized spacial score (nSPS) is 11.7. The van der Waals surface area contributed by atoms with E-state index in [1.165, 1.54) is 11.1 Å². The third-order valence-electron chi connectivity index (χ3n) is 3.14. The number of ether oxygens (including phenoxy) is 1. The molecule has 19 heavy (non-hydrogen) atoms. The molecule has 0 aromatic heterocycles. The SMILES string of the molecule is CC(C)c1cc(Br)cc(C(C)C)c1OCCN(C)C. The van der Waals surface area contributed by atoms with Crippen molar-refractivity contribution < 1.29 is 4.74 Å². The molecule has 0 fully saturated rings. The second kappa shape index (κ2) is 7.30. The summed E-state index contributed by atoms with van der Waals surface area (Å²) in [6.07, 6.45) is 0. The van der Waals surface area contributed by atoms with Crippen LogP contribution in [0.1, 0.15) is 50.7 Å². The van der Waals surface area contributed by atoms with E-state index in [4.69, 9.17) is 4.74 Å². The van der Waals surface area contributed by atoms with Gasteiger partial charge in [-0.1, -0.05) is 43.6 Å². The Morgan fingerprint density at radius 3 is 1.89 bits per heavy atom. The highest BCUT2D eigenvalue weighted by molar-refractivity contribution is 9.10. The fourth-order valence-electron chi connectivity index (χ4n) is 1.99. The van der Waals surface area contributed by atoms with E-state index in [1.807, 2.05) is 0 Å². The number of benzene rings is 1. The summed E-state index contributed by atoms with van der Waals surface area (Å²) in [6, 6.07) is 4.36. The molecule has 1 aromatic rings. The minimum Gasteiger partial charge on any atom is -0.492 e. The first-order chi connectivity index (χ1) is 8.82. The largest absolute Gasteiger partial charge is 0.492 e. The van der Waals surface area contributed by atoms with Gasteiger partial charge in [-0.15, -0.1) is 0 Å². The Morgan fingerprint density at radius 1 is 1.05 bits per heavy atom. The van der Waals surface area contributed by atoms with E-state index >= 15 is 0 Å². The molecule has 0 atom stereocenters. The van der Waals surface area contributed by atoms with Gasteiger partial charge >= 0.3 is 0 Å². The Bertz CT molecular complexity index is 384. The van der Waals surface area contributed by atoms with Crippen molar-refractivity contribution in [3.63, 3.8) is 0 Å². The van der Waals surface area contributed by atoms with Crippen molar-refractivity contribution >= 4 is 15.9 Å². The van der Waals surface area contributed by atoms with Gasteiger partial charge in [0.1, 0.15) is 12.4 Å². The Hall–Kier alpha value is -0.540. The molecule has 0 bridgehead atoms. The van der Waals surface area contributed by atoms with E-state index in [0.29, 0.717) is 11.8 Å². The Balaban J connectivity index is 3.08. The minimum absolute atomic E-state index is 0.462. The number of halogens is 1. The summed E-state index contributed by atoms with van der Waals surface area (Å²) in [5.74, 6) is 2.00. The second-order valence-electron chi connectivity index (χ2n) is 5.87. The average molecular weight is 328 g/mol. The van der Waals surface area contributed by atoms with Crippen molar-refractivity contribution in [3.05, 3.63) is 27.7 Å². The first-order valence-electron chi connectivity index (χ1n) is 6.93. The molecule has 2 nitrogen and oxygen atoms in total. The van der Waals surface area contributed by atoms with Crippen molar-refractivity contribution in [1.82, 2.24) is 4.90 Å². The molecule has 3 heteroatoms. The van der Waals surface area contributed by atoms with E-state index in [-0.39, 0.29) is 0 Å². The molecule has 0 radical (unpaired) electrons. The smallest absolute Gasteiger partial charge is 0.126 e. The highest BCUT2D eigenvalue weighted by Crippen LogP contribution is 2.37. The fraction of sp³-hybridized carbons (Fsp3) is 0.625. The van der Waals surface area contributed by atoms with Gasteiger partial charge < -0.3 is 9.64 Å². The fourth-order valence-corrected chi connectivity index (χ4v) is 2.48. The van der Waals surface area contributed by atoms with Crippen LogP contribution in [0.5, 0.6) is 5.75 Å². The zero-order chi connectivity index (χ0) is 14.6. The molecular formula is C16H26BrNO. The van der Waals surface area contributed by atoms with Crippen LogP contribution in [0.15, 0.2) is 16.6 Å². The van der Waals surface area contributed by atoms with Crippen molar-refractivity contribution in [1.29, 1.82) is 0 Å². The first kappa shape index (κ1) is 16.5. The van der Waals surface area contributed by atoms with Gasteiger partial charge in [-0.3, -0.25) is 0 Å². The molecule has 0 unspecified atom stereocenters. The van der Waals surface area contributed by atoms with Gasteiger partial charge in [0.05, 0.1) is 0 Å². The zero-order valence-electron chi connectivity index (χ0n) is 13.0. The van der Waals surface area contributed by atoms with Crippen LogP contribution in [0.3, 0.4) is 0 Å². The molecule has 1 rings (SSSR count). The number of nitrogens with zero attached hydrogens (tertiary/aromatic N) is 1. The van der Waals surface area contributed by atoms with E-state index in [1.54, 1.807) is 0 Å². The highest BCUT2D eigenvalue weighted by Gasteiger charge is 2.16. The molecule has 0 spiro atoms. The Labute approximate surface area is 126 Å². The molecule has 0 saturated heterocycles. The molecule has 0 N–H and O–H groups in total. The summed E-state index contributed by atoms with van der Waals surface area (Å²) in [5, 5.41) is 0. The summed E-state index contributed by atoms with van der Waals surface area (Å²) >= 11 is 3.61. The van der Waals surface area contributed by atoms with Crippen molar-refractivity contribution in [2.75, 3.05) is 27.2 Å². The van der Waals surface area contributed by atoms with Gasteiger partial charge in [0, 0.05) is 11.0 Å². The second-order valence-corrected chi connectivity index (χ2v) is 6.79. The predicted octanol–water partition coefficient (Wildman–Crippen LogP) is 4.64. The van der Waals surface area contributed by atoms with Gasteiger partial charge in [0.15, 0.2) is 0 Å². The summed E-state index contributed by atoms with van der Waals surface area (Å²) in [5.41, 5.74) is 2.58.